The van der Waals surface area contributed by atoms with E-state index in [9.17, 15) is 19.8 Å². The number of ether oxygens (including phenoxy) is 2. The number of esters is 2. The van der Waals surface area contributed by atoms with E-state index in [0.29, 0.717) is 19.3 Å². The molecule has 6 nitrogen and oxygen atoms in total. The van der Waals surface area contributed by atoms with Crippen molar-refractivity contribution in [2.75, 3.05) is 13.2 Å². The summed E-state index contributed by atoms with van der Waals surface area (Å²) in [5, 5.41) is 19.2. The molecule has 0 aliphatic carbocycles. The standard InChI is InChI=1S/C44H78O6/c1-40(2)34-30-26-22-18-14-10-6-4-8-12-16-20-24-28-32-36-43(47)49-38-42(46)39-50-44(48)37-33-29-25-21-17-13-9-5-7-11-15-19-23-27-31-35-41(3)45/h7,9,11,13,19,21,23,25,40-42,45-46H,4-6,8,10,12,14-18,20,22,24,26-39H2,1-3H3/b11-7-,13-9-,23-19-,25-21-/t41-,42+/m1/s1. The maximum Gasteiger partial charge on any atom is 0.305 e. The first kappa shape index (κ1) is 47.8. The largest absolute Gasteiger partial charge is 0.463 e. The fourth-order valence-electron chi connectivity index (χ4n) is 5.63. The Hall–Kier alpha value is -2.18. The molecule has 0 aromatic rings. The zero-order valence-electron chi connectivity index (χ0n) is 32.7. The molecule has 0 aromatic heterocycles. The highest BCUT2D eigenvalue weighted by molar-refractivity contribution is 5.69. The summed E-state index contributed by atoms with van der Waals surface area (Å²) in [4.78, 5) is 23.9. The molecular formula is C44H78O6. The third-order valence-corrected chi connectivity index (χ3v) is 8.76. The smallest absolute Gasteiger partial charge is 0.305 e. The summed E-state index contributed by atoms with van der Waals surface area (Å²) in [5.41, 5.74) is 0. The highest BCUT2D eigenvalue weighted by Gasteiger charge is 2.12. The number of unbranched alkanes of at least 4 members (excludes halogenated alkanes) is 16. The van der Waals surface area contributed by atoms with Crippen LogP contribution in [0.5, 0.6) is 0 Å². The zero-order valence-corrected chi connectivity index (χ0v) is 32.7. The minimum Gasteiger partial charge on any atom is -0.463 e. The van der Waals surface area contributed by atoms with Crippen molar-refractivity contribution in [3.05, 3.63) is 48.6 Å². The molecule has 0 unspecified atom stereocenters. The molecule has 0 aliphatic rings. The quantitative estimate of drug-likeness (QED) is 0.0383. The van der Waals surface area contributed by atoms with Crippen molar-refractivity contribution in [2.45, 2.75) is 200 Å². The first-order valence-corrected chi connectivity index (χ1v) is 20.6. The SMILES string of the molecule is CC(C)CCCCCCCCCCCCCCCCCC(=O)OC[C@H](O)COC(=O)CCC/C=C\C/C=C\C/C=C\C/C=C\CCC[C@@H](C)O. The van der Waals surface area contributed by atoms with Crippen molar-refractivity contribution in [3.8, 4) is 0 Å². The van der Waals surface area contributed by atoms with E-state index in [2.05, 4.69) is 62.5 Å². The predicted octanol–water partition coefficient (Wildman–Crippen LogP) is 11.8. The van der Waals surface area contributed by atoms with Crippen molar-refractivity contribution in [2.24, 2.45) is 5.92 Å². The Morgan fingerprint density at radius 3 is 1.24 bits per heavy atom. The van der Waals surface area contributed by atoms with Crippen molar-refractivity contribution in [1.82, 2.24) is 0 Å². The van der Waals surface area contributed by atoms with E-state index in [4.69, 9.17) is 9.47 Å². The van der Waals surface area contributed by atoms with Crippen LogP contribution >= 0.6 is 0 Å². The summed E-state index contributed by atoms with van der Waals surface area (Å²) in [6.45, 7) is 6.17. The van der Waals surface area contributed by atoms with E-state index in [1.165, 1.54) is 83.5 Å². The van der Waals surface area contributed by atoms with Crippen LogP contribution in [0.1, 0.15) is 188 Å². The number of aliphatic hydroxyl groups excluding tert-OH is 2. The van der Waals surface area contributed by atoms with Crippen LogP contribution in [-0.4, -0.2) is 47.6 Å². The fraction of sp³-hybridized carbons (Fsp3) is 0.773. The molecule has 2 N–H and O–H groups in total. The lowest BCUT2D eigenvalue weighted by molar-refractivity contribution is -0.152. The van der Waals surface area contributed by atoms with E-state index in [-0.39, 0.29) is 31.3 Å². The first-order valence-electron chi connectivity index (χ1n) is 20.6. The van der Waals surface area contributed by atoms with Gasteiger partial charge in [0.1, 0.15) is 19.3 Å². The number of hydrogen-bond acceptors (Lipinski definition) is 6. The summed E-state index contributed by atoms with van der Waals surface area (Å²) in [6.07, 6.45) is 44.5. The summed E-state index contributed by atoms with van der Waals surface area (Å²) in [6, 6.07) is 0. The zero-order chi connectivity index (χ0) is 36.8. The van der Waals surface area contributed by atoms with Gasteiger partial charge in [0, 0.05) is 12.8 Å². The van der Waals surface area contributed by atoms with Crippen LogP contribution in [0.15, 0.2) is 48.6 Å². The Kier molecular flexibility index (Phi) is 36.4. The summed E-state index contributed by atoms with van der Waals surface area (Å²) >= 11 is 0. The van der Waals surface area contributed by atoms with Gasteiger partial charge in [0.05, 0.1) is 6.10 Å². The average Bonchev–Trinajstić information content (AvgIpc) is 3.08. The highest BCUT2D eigenvalue weighted by Crippen LogP contribution is 2.15. The number of carbonyl (C=O) groups is 2. The lowest BCUT2D eigenvalue weighted by atomic mass is 10.0. The second-order valence-corrected chi connectivity index (χ2v) is 14.5. The minimum atomic E-state index is -0.994. The molecule has 0 saturated heterocycles. The Labute approximate surface area is 308 Å². The average molecular weight is 703 g/mol. The van der Waals surface area contributed by atoms with E-state index in [0.717, 1.165) is 70.1 Å². The van der Waals surface area contributed by atoms with Gasteiger partial charge in [0.15, 0.2) is 0 Å². The van der Waals surface area contributed by atoms with E-state index in [1.807, 2.05) is 6.92 Å². The molecule has 0 radical (unpaired) electrons. The second kappa shape index (κ2) is 38.1. The van der Waals surface area contributed by atoms with Gasteiger partial charge in [-0.3, -0.25) is 9.59 Å². The summed E-state index contributed by atoms with van der Waals surface area (Å²) in [7, 11) is 0. The number of hydrogen-bond donors (Lipinski definition) is 2. The Morgan fingerprint density at radius 2 is 0.820 bits per heavy atom. The molecule has 290 valence electrons. The molecule has 6 heteroatoms. The summed E-state index contributed by atoms with van der Waals surface area (Å²) in [5.74, 6) is 0.208. The third-order valence-electron chi connectivity index (χ3n) is 8.76. The van der Waals surface area contributed by atoms with Gasteiger partial charge >= 0.3 is 11.9 Å². The van der Waals surface area contributed by atoms with Crippen molar-refractivity contribution in [3.63, 3.8) is 0 Å². The van der Waals surface area contributed by atoms with Crippen LogP contribution < -0.4 is 0 Å². The summed E-state index contributed by atoms with van der Waals surface area (Å²) < 4.78 is 10.3. The van der Waals surface area contributed by atoms with Crippen LogP contribution in [0.3, 0.4) is 0 Å². The van der Waals surface area contributed by atoms with Crippen LogP contribution in [0.2, 0.25) is 0 Å². The van der Waals surface area contributed by atoms with E-state index < -0.39 is 6.10 Å². The Morgan fingerprint density at radius 1 is 0.460 bits per heavy atom. The van der Waals surface area contributed by atoms with E-state index in [1.54, 1.807) is 0 Å². The predicted molar refractivity (Wildman–Crippen MR) is 211 cm³/mol. The van der Waals surface area contributed by atoms with Crippen LogP contribution in [-0.2, 0) is 19.1 Å². The molecule has 0 fully saturated rings. The Balaban J connectivity index is 3.52. The topological polar surface area (TPSA) is 93.1 Å². The van der Waals surface area contributed by atoms with Crippen molar-refractivity contribution in [1.29, 1.82) is 0 Å². The molecule has 0 aromatic carbocycles. The van der Waals surface area contributed by atoms with Crippen LogP contribution in [0, 0.1) is 5.92 Å². The molecule has 0 bridgehead atoms. The lowest BCUT2D eigenvalue weighted by Crippen LogP contribution is -2.25. The normalized spacial score (nSPS) is 13.4. The van der Waals surface area contributed by atoms with Gasteiger partial charge in [-0.2, -0.15) is 0 Å². The third kappa shape index (κ3) is 40.3. The molecule has 50 heavy (non-hydrogen) atoms. The van der Waals surface area contributed by atoms with Gasteiger partial charge in [-0.15, -0.1) is 0 Å². The number of carbonyl (C=O) groups excluding carboxylic acids is 2. The fourth-order valence-corrected chi connectivity index (χ4v) is 5.63. The maximum absolute atomic E-state index is 12.0. The molecule has 0 amide bonds. The highest BCUT2D eigenvalue weighted by atomic mass is 16.6. The van der Waals surface area contributed by atoms with E-state index >= 15 is 0 Å². The van der Waals surface area contributed by atoms with Gasteiger partial charge in [-0.05, 0) is 70.6 Å². The van der Waals surface area contributed by atoms with Crippen molar-refractivity contribution >= 4 is 11.9 Å². The van der Waals surface area contributed by atoms with Gasteiger partial charge in [-0.25, -0.2) is 0 Å². The number of rotatable bonds is 36. The van der Waals surface area contributed by atoms with Gasteiger partial charge in [0.2, 0.25) is 0 Å². The molecule has 0 aliphatic heterocycles. The second-order valence-electron chi connectivity index (χ2n) is 14.5. The molecular weight excluding hydrogens is 624 g/mol. The molecule has 0 rings (SSSR count). The molecule has 2 atom stereocenters. The van der Waals surface area contributed by atoms with Crippen LogP contribution in [0.25, 0.3) is 0 Å². The minimum absolute atomic E-state index is 0.140. The number of aliphatic hydroxyl groups is 2. The van der Waals surface area contributed by atoms with Gasteiger partial charge in [-0.1, -0.05) is 159 Å². The number of allylic oxidation sites excluding steroid dienone is 8. The van der Waals surface area contributed by atoms with Crippen LogP contribution in [0.4, 0.5) is 0 Å². The molecule has 0 spiro atoms. The first-order chi connectivity index (χ1) is 24.3. The maximum atomic E-state index is 12.0. The van der Waals surface area contributed by atoms with Gasteiger partial charge in [0.25, 0.3) is 0 Å². The molecule has 0 heterocycles. The van der Waals surface area contributed by atoms with Crippen molar-refractivity contribution < 1.29 is 29.3 Å². The molecule has 0 saturated carbocycles. The lowest BCUT2D eigenvalue weighted by Gasteiger charge is -2.12. The Bertz CT molecular complexity index is 872. The van der Waals surface area contributed by atoms with Gasteiger partial charge < -0.3 is 19.7 Å². The monoisotopic (exact) mass is 703 g/mol.